The summed E-state index contributed by atoms with van der Waals surface area (Å²) in [6, 6.07) is 9.50. The molecule has 26 heavy (non-hydrogen) atoms. The van der Waals surface area contributed by atoms with Crippen molar-refractivity contribution in [2.24, 2.45) is 0 Å². The van der Waals surface area contributed by atoms with Crippen molar-refractivity contribution in [3.05, 3.63) is 42.2 Å². The summed E-state index contributed by atoms with van der Waals surface area (Å²) in [5.74, 6) is 0.730. The lowest BCUT2D eigenvalue weighted by atomic mass is 10.2. The molecule has 0 aliphatic rings. The van der Waals surface area contributed by atoms with Gasteiger partial charge in [0.2, 0.25) is 5.16 Å². The number of thioether (sulfide) groups is 1. The van der Waals surface area contributed by atoms with Crippen LogP contribution in [0.2, 0.25) is 0 Å². The van der Waals surface area contributed by atoms with E-state index in [1.54, 1.807) is 19.3 Å². The van der Waals surface area contributed by atoms with Gasteiger partial charge in [-0.2, -0.15) is 20.3 Å². The lowest BCUT2D eigenvalue weighted by Crippen LogP contribution is -2.08. The molecule has 0 spiro atoms. The lowest BCUT2D eigenvalue weighted by Gasteiger charge is -2.12. The molecule has 0 bridgehead atoms. The SMILES string of the molecule is CCS(=O)c1nc(Nc2cccc(-n3nccn3)c2)c(C#N)c(SC)n1. The Morgan fingerprint density at radius 3 is 2.73 bits per heavy atom. The van der Waals surface area contributed by atoms with Crippen molar-refractivity contribution >= 4 is 34.1 Å². The maximum absolute atomic E-state index is 12.1. The van der Waals surface area contributed by atoms with E-state index in [1.807, 2.05) is 30.5 Å². The number of rotatable bonds is 6. The zero-order valence-electron chi connectivity index (χ0n) is 14.1. The lowest BCUT2D eigenvalue weighted by molar-refractivity contribution is 0.674. The van der Waals surface area contributed by atoms with Crippen LogP contribution in [0.1, 0.15) is 12.5 Å². The van der Waals surface area contributed by atoms with Gasteiger partial charge in [-0.1, -0.05) is 13.0 Å². The van der Waals surface area contributed by atoms with Crippen molar-refractivity contribution in [1.29, 1.82) is 5.26 Å². The van der Waals surface area contributed by atoms with Gasteiger partial charge < -0.3 is 5.32 Å². The first kappa shape index (κ1) is 18.0. The Morgan fingerprint density at radius 2 is 2.08 bits per heavy atom. The van der Waals surface area contributed by atoms with Crippen LogP contribution >= 0.6 is 11.8 Å². The maximum atomic E-state index is 12.1. The normalized spacial score (nSPS) is 11.7. The van der Waals surface area contributed by atoms with Gasteiger partial charge >= 0.3 is 0 Å². The molecule has 0 radical (unpaired) electrons. The van der Waals surface area contributed by atoms with Crippen LogP contribution in [0.15, 0.2) is 46.8 Å². The van der Waals surface area contributed by atoms with Crippen molar-refractivity contribution in [2.45, 2.75) is 17.1 Å². The molecule has 3 rings (SSSR count). The fraction of sp³-hybridized carbons (Fsp3) is 0.188. The van der Waals surface area contributed by atoms with Gasteiger partial charge in [0, 0.05) is 11.4 Å². The first-order valence-electron chi connectivity index (χ1n) is 7.64. The summed E-state index contributed by atoms with van der Waals surface area (Å²) < 4.78 is 12.1. The molecule has 0 fully saturated rings. The number of benzene rings is 1. The van der Waals surface area contributed by atoms with Crippen LogP contribution in [0.3, 0.4) is 0 Å². The second kappa shape index (κ2) is 8.07. The second-order valence-corrected chi connectivity index (χ2v) is 7.41. The Hall–Kier alpha value is -2.77. The van der Waals surface area contributed by atoms with E-state index < -0.39 is 10.8 Å². The van der Waals surface area contributed by atoms with E-state index in [4.69, 9.17) is 0 Å². The summed E-state index contributed by atoms with van der Waals surface area (Å²) in [5.41, 5.74) is 1.78. The fourth-order valence-corrected chi connectivity index (χ4v) is 3.41. The van der Waals surface area contributed by atoms with Crippen molar-refractivity contribution in [2.75, 3.05) is 17.3 Å². The average Bonchev–Trinajstić information content (AvgIpc) is 3.21. The fourth-order valence-electron chi connectivity index (χ4n) is 2.18. The van der Waals surface area contributed by atoms with Gasteiger partial charge in [0.15, 0.2) is 5.82 Å². The highest BCUT2D eigenvalue weighted by Gasteiger charge is 2.17. The highest BCUT2D eigenvalue weighted by molar-refractivity contribution is 7.98. The van der Waals surface area contributed by atoms with Gasteiger partial charge in [0.25, 0.3) is 0 Å². The average molecular weight is 385 g/mol. The van der Waals surface area contributed by atoms with Crippen LogP contribution in [-0.2, 0) is 10.8 Å². The number of nitriles is 1. The Labute approximate surface area is 157 Å². The predicted molar refractivity (Wildman–Crippen MR) is 100 cm³/mol. The molecular formula is C16H15N7OS2. The van der Waals surface area contributed by atoms with Crippen LogP contribution in [0.4, 0.5) is 11.5 Å². The minimum Gasteiger partial charge on any atom is -0.339 e. The van der Waals surface area contributed by atoms with E-state index in [1.165, 1.54) is 16.6 Å². The van der Waals surface area contributed by atoms with E-state index in [2.05, 4.69) is 31.6 Å². The van der Waals surface area contributed by atoms with Gasteiger partial charge in [0.1, 0.15) is 16.7 Å². The highest BCUT2D eigenvalue weighted by Crippen LogP contribution is 2.27. The zero-order chi connectivity index (χ0) is 18.5. The van der Waals surface area contributed by atoms with Gasteiger partial charge in [-0.25, -0.2) is 9.97 Å². The Morgan fingerprint density at radius 1 is 1.31 bits per heavy atom. The van der Waals surface area contributed by atoms with E-state index in [0.717, 1.165) is 5.69 Å². The summed E-state index contributed by atoms with van der Waals surface area (Å²) in [4.78, 5) is 10.1. The number of anilines is 2. The van der Waals surface area contributed by atoms with Crippen molar-refractivity contribution < 1.29 is 4.21 Å². The molecule has 0 aliphatic carbocycles. The van der Waals surface area contributed by atoms with E-state index in [9.17, 15) is 9.47 Å². The molecule has 1 N–H and O–H groups in total. The van der Waals surface area contributed by atoms with Gasteiger partial charge in [-0.15, -0.1) is 11.8 Å². The van der Waals surface area contributed by atoms with Crippen LogP contribution < -0.4 is 5.32 Å². The molecule has 0 saturated carbocycles. The maximum Gasteiger partial charge on any atom is 0.221 e. The van der Waals surface area contributed by atoms with Crippen LogP contribution in [0.5, 0.6) is 0 Å². The Balaban J connectivity index is 2.03. The second-order valence-electron chi connectivity index (χ2n) is 4.98. The third-order valence-corrected chi connectivity index (χ3v) is 5.18. The number of aromatic nitrogens is 5. The molecule has 2 heterocycles. The number of hydrogen-bond acceptors (Lipinski definition) is 8. The zero-order valence-corrected chi connectivity index (χ0v) is 15.7. The van der Waals surface area contributed by atoms with Crippen LogP contribution in [0, 0.1) is 11.3 Å². The molecule has 1 unspecified atom stereocenters. The van der Waals surface area contributed by atoms with E-state index >= 15 is 0 Å². The molecule has 1 atom stereocenters. The van der Waals surface area contributed by atoms with E-state index in [-0.39, 0.29) is 5.16 Å². The molecular weight excluding hydrogens is 370 g/mol. The molecule has 8 nitrogen and oxygen atoms in total. The first-order chi connectivity index (χ1) is 12.7. The first-order valence-corrected chi connectivity index (χ1v) is 10.2. The summed E-state index contributed by atoms with van der Waals surface area (Å²) in [5, 5.41) is 21.6. The standard InChI is InChI=1S/C16H15N7OS2/c1-3-26(24)16-21-14(13(10-17)15(22-16)25-2)20-11-5-4-6-12(9-11)23-18-7-8-19-23/h4-9H,3H2,1-2H3,(H,20,21,22). The van der Waals surface area contributed by atoms with Crippen molar-refractivity contribution in [3.63, 3.8) is 0 Å². The molecule has 10 heteroatoms. The Bertz CT molecular complexity index is 983. The largest absolute Gasteiger partial charge is 0.339 e. The molecule has 132 valence electrons. The third kappa shape index (κ3) is 3.74. The smallest absolute Gasteiger partial charge is 0.221 e. The monoisotopic (exact) mass is 385 g/mol. The molecule has 1 aromatic carbocycles. The van der Waals surface area contributed by atoms with Crippen molar-refractivity contribution in [3.8, 4) is 11.8 Å². The van der Waals surface area contributed by atoms with Gasteiger partial charge in [0.05, 0.1) is 28.9 Å². The van der Waals surface area contributed by atoms with Crippen LogP contribution in [0.25, 0.3) is 5.69 Å². The number of nitrogens with one attached hydrogen (secondary N) is 1. The molecule has 3 aromatic rings. The topological polar surface area (TPSA) is 109 Å². The van der Waals surface area contributed by atoms with Gasteiger partial charge in [-0.3, -0.25) is 4.21 Å². The van der Waals surface area contributed by atoms with Crippen LogP contribution in [-0.4, -0.2) is 41.2 Å². The summed E-state index contributed by atoms with van der Waals surface area (Å²) in [6.07, 6.45) is 5.00. The van der Waals surface area contributed by atoms with Crippen molar-refractivity contribution in [1.82, 2.24) is 25.0 Å². The Kier molecular flexibility index (Phi) is 5.60. The molecule has 2 aromatic heterocycles. The summed E-state index contributed by atoms with van der Waals surface area (Å²) in [7, 11) is -1.32. The molecule has 0 saturated heterocycles. The minimum absolute atomic E-state index is 0.211. The highest BCUT2D eigenvalue weighted by atomic mass is 32.2. The quantitative estimate of drug-likeness (QED) is 0.392. The number of nitrogens with zero attached hydrogens (tertiary/aromatic N) is 6. The number of hydrogen-bond donors (Lipinski definition) is 1. The third-order valence-electron chi connectivity index (χ3n) is 3.38. The summed E-state index contributed by atoms with van der Waals surface area (Å²) in [6.45, 7) is 1.80. The minimum atomic E-state index is -1.32. The van der Waals surface area contributed by atoms with E-state index in [0.29, 0.717) is 27.8 Å². The summed E-state index contributed by atoms with van der Waals surface area (Å²) >= 11 is 1.32. The van der Waals surface area contributed by atoms with Gasteiger partial charge in [-0.05, 0) is 24.5 Å². The molecule has 0 aliphatic heterocycles. The molecule has 0 amide bonds. The predicted octanol–water partition coefficient (Wildman–Crippen LogP) is 2.52.